The number of nitrogens with zero attached hydrogens (tertiary/aromatic N) is 4. The minimum atomic E-state index is 0.628. The third kappa shape index (κ3) is 3.97. The van der Waals surface area contributed by atoms with E-state index in [1.165, 1.54) is 0 Å². The first-order chi connectivity index (χ1) is 24.2. The summed E-state index contributed by atoms with van der Waals surface area (Å²) in [6.45, 7) is 0. The molecule has 49 heavy (non-hydrogen) atoms. The maximum absolute atomic E-state index is 9.78. The second kappa shape index (κ2) is 10.2. The normalized spacial score (nSPS) is 11.6. The number of para-hydroxylation sites is 2. The van der Waals surface area contributed by atoms with Crippen LogP contribution < -0.4 is 0 Å². The van der Waals surface area contributed by atoms with Crippen molar-refractivity contribution >= 4 is 65.6 Å². The van der Waals surface area contributed by atoms with Gasteiger partial charge in [-0.15, -0.1) is 0 Å². The maximum atomic E-state index is 9.78. The van der Waals surface area contributed by atoms with Crippen molar-refractivity contribution in [2.45, 2.75) is 0 Å². The molecule has 5 heteroatoms. The highest BCUT2D eigenvalue weighted by molar-refractivity contribution is 6.17. The fraction of sp³-hybridized carbons (Fsp3) is 0. The summed E-state index contributed by atoms with van der Waals surface area (Å²) < 4.78 is 10.9. The van der Waals surface area contributed by atoms with Gasteiger partial charge in [-0.3, -0.25) is 0 Å². The summed E-state index contributed by atoms with van der Waals surface area (Å²) in [5, 5.41) is 25.8. The Morgan fingerprint density at radius 3 is 1.61 bits per heavy atom. The van der Waals surface area contributed by atoms with Crippen molar-refractivity contribution in [3.8, 4) is 34.6 Å². The summed E-state index contributed by atoms with van der Waals surface area (Å²) >= 11 is 0. The van der Waals surface area contributed by atoms with Gasteiger partial charge in [0.05, 0.1) is 45.3 Å². The molecule has 0 amide bonds. The van der Waals surface area contributed by atoms with Crippen LogP contribution in [0.25, 0.3) is 88.1 Å². The van der Waals surface area contributed by atoms with E-state index < -0.39 is 0 Å². The Balaban J connectivity index is 1.17. The van der Waals surface area contributed by atoms with Gasteiger partial charge in [0.1, 0.15) is 11.2 Å². The Bertz CT molecular complexity index is 3090. The molecule has 0 unspecified atom stereocenters. The van der Waals surface area contributed by atoms with E-state index in [2.05, 4.69) is 106 Å². The van der Waals surface area contributed by atoms with Crippen molar-refractivity contribution in [1.82, 2.24) is 9.13 Å². The van der Waals surface area contributed by atoms with Crippen molar-refractivity contribution in [1.29, 1.82) is 10.5 Å². The first kappa shape index (κ1) is 27.1. The lowest BCUT2D eigenvalue weighted by atomic mass is 10.0. The lowest BCUT2D eigenvalue weighted by Crippen LogP contribution is -1.96. The Morgan fingerprint density at radius 2 is 0.939 bits per heavy atom. The number of hydrogen-bond donors (Lipinski definition) is 0. The Labute approximate surface area is 280 Å². The summed E-state index contributed by atoms with van der Waals surface area (Å²) in [5.74, 6) is 0. The molecule has 10 aromatic rings. The largest absolute Gasteiger partial charge is 0.456 e. The molecule has 0 aliphatic carbocycles. The van der Waals surface area contributed by atoms with Crippen LogP contribution in [0.5, 0.6) is 0 Å². The van der Waals surface area contributed by atoms with Crippen molar-refractivity contribution < 1.29 is 4.42 Å². The Morgan fingerprint density at radius 1 is 0.388 bits per heavy atom. The monoisotopic (exact) mass is 624 g/mol. The van der Waals surface area contributed by atoms with E-state index in [0.717, 1.165) is 88.1 Å². The molecule has 5 nitrogen and oxygen atoms in total. The summed E-state index contributed by atoms with van der Waals surface area (Å²) in [7, 11) is 0. The quantitative estimate of drug-likeness (QED) is 0.196. The lowest BCUT2D eigenvalue weighted by Gasteiger charge is -2.13. The average Bonchev–Trinajstić information content (AvgIpc) is 3.80. The van der Waals surface area contributed by atoms with Crippen LogP contribution in [-0.2, 0) is 0 Å². The standard InChI is InChI=1S/C44H24N4O/c45-25-27-15-17-40-35(19-27)33-11-1-3-13-39(33)47(40)31-9-5-7-29(21-31)30-8-6-10-32(22-30)48-41-18-16-28(26-46)20-36(41)37-23-38-34-12-2-4-14-43(34)49-44(38)24-42(37)48/h1-24H. The van der Waals surface area contributed by atoms with E-state index in [9.17, 15) is 10.5 Å². The van der Waals surface area contributed by atoms with Gasteiger partial charge < -0.3 is 13.6 Å². The Kier molecular flexibility index (Phi) is 5.64. The fourth-order valence-corrected chi connectivity index (χ4v) is 7.56. The first-order valence-electron chi connectivity index (χ1n) is 16.1. The number of benzene rings is 7. The van der Waals surface area contributed by atoms with Crippen molar-refractivity contribution in [2.75, 3.05) is 0 Å². The molecule has 7 aromatic carbocycles. The minimum Gasteiger partial charge on any atom is -0.456 e. The molecule has 0 bridgehead atoms. The van der Waals surface area contributed by atoms with Gasteiger partial charge in [0, 0.05) is 49.8 Å². The zero-order valence-corrected chi connectivity index (χ0v) is 26.1. The SMILES string of the molecule is N#Cc1ccc2c(c1)c1ccccc1n2-c1cccc(-c2cccc(-n3c4ccc(C#N)cc4c4cc5c(cc43)oc3ccccc35)c2)c1. The van der Waals surface area contributed by atoms with Crippen LogP contribution in [0.15, 0.2) is 150 Å². The number of furan rings is 1. The molecule has 3 heterocycles. The fourth-order valence-electron chi connectivity index (χ4n) is 7.56. The predicted molar refractivity (Wildman–Crippen MR) is 197 cm³/mol. The van der Waals surface area contributed by atoms with E-state index in [1.54, 1.807) is 0 Å². The topological polar surface area (TPSA) is 70.6 Å². The van der Waals surface area contributed by atoms with Gasteiger partial charge in [0.25, 0.3) is 0 Å². The molecule has 0 radical (unpaired) electrons. The van der Waals surface area contributed by atoms with E-state index in [-0.39, 0.29) is 0 Å². The minimum absolute atomic E-state index is 0.628. The molecule has 0 saturated heterocycles. The van der Waals surface area contributed by atoms with Crippen molar-refractivity contribution in [3.05, 3.63) is 157 Å². The van der Waals surface area contributed by atoms with E-state index >= 15 is 0 Å². The van der Waals surface area contributed by atoms with E-state index in [1.807, 2.05) is 60.7 Å². The van der Waals surface area contributed by atoms with Gasteiger partial charge in [0.2, 0.25) is 0 Å². The zero-order valence-electron chi connectivity index (χ0n) is 26.1. The maximum Gasteiger partial charge on any atom is 0.137 e. The van der Waals surface area contributed by atoms with Crippen LogP contribution in [0.1, 0.15) is 11.1 Å². The van der Waals surface area contributed by atoms with Gasteiger partial charge in [0.15, 0.2) is 0 Å². The second-order valence-corrected chi connectivity index (χ2v) is 12.4. The lowest BCUT2D eigenvalue weighted by molar-refractivity contribution is 0.669. The number of hydrogen-bond acceptors (Lipinski definition) is 3. The molecule has 0 saturated carbocycles. The highest BCUT2D eigenvalue weighted by Gasteiger charge is 2.18. The summed E-state index contributed by atoms with van der Waals surface area (Å²) in [4.78, 5) is 0. The molecular formula is C44H24N4O. The molecule has 0 aliphatic heterocycles. The predicted octanol–water partition coefficient (Wildman–Crippen LogP) is 11.2. The molecule has 3 aromatic heterocycles. The van der Waals surface area contributed by atoms with Gasteiger partial charge in [-0.05, 0) is 90.0 Å². The molecule has 0 N–H and O–H groups in total. The summed E-state index contributed by atoms with van der Waals surface area (Å²) in [6.07, 6.45) is 0. The highest BCUT2D eigenvalue weighted by atomic mass is 16.3. The number of fused-ring (bicyclic) bond motifs is 9. The molecule has 0 spiro atoms. The third-order valence-corrected chi connectivity index (χ3v) is 9.74. The highest BCUT2D eigenvalue weighted by Crippen LogP contribution is 2.40. The van der Waals surface area contributed by atoms with E-state index in [0.29, 0.717) is 11.1 Å². The molecule has 0 atom stereocenters. The number of aromatic nitrogens is 2. The third-order valence-electron chi connectivity index (χ3n) is 9.74. The molecule has 0 fully saturated rings. The smallest absolute Gasteiger partial charge is 0.137 e. The van der Waals surface area contributed by atoms with Gasteiger partial charge >= 0.3 is 0 Å². The first-order valence-corrected chi connectivity index (χ1v) is 16.1. The summed E-state index contributed by atoms with van der Waals surface area (Å²) in [5.41, 5.74) is 11.4. The molecule has 226 valence electrons. The van der Waals surface area contributed by atoms with Crippen molar-refractivity contribution in [2.24, 2.45) is 0 Å². The second-order valence-electron chi connectivity index (χ2n) is 12.4. The number of nitriles is 2. The van der Waals surface area contributed by atoms with Gasteiger partial charge in [-0.25, -0.2) is 0 Å². The van der Waals surface area contributed by atoms with Crippen LogP contribution in [0.2, 0.25) is 0 Å². The Hall–Kier alpha value is -7.08. The van der Waals surface area contributed by atoms with Crippen molar-refractivity contribution in [3.63, 3.8) is 0 Å². The van der Waals surface area contributed by atoms with Gasteiger partial charge in [-0.1, -0.05) is 60.7 Å². The van der Waals surface area contributed by atoms with Gasteiger partial charge in [-0.2, -0.15) is 10.5 Å². The van der Waals surface area contributed by atoms with Crippen LogP contribution in [0, 0.1) is 22.7 Å². The van der Waals surface area contributed by atoms with Crippen LogP contribution in [0.3, 0.4) is 0 Å². The van der Waals surface area contributed by atoms with E-state index in [4.69, 9.17) is 4.42 Å². The molecule has 0 aliphatic rings. The summed E-state index contributed by atoms with van der Waals surface area (Å²) in [6, 6.07) is 54.4. The number of rotatable bonds is 3. The molecular weight excluding hydrogens is 601 g/mol. The van der Waals surface area contributed by atoms with Crippen LogP contribution in [0.4, 0.5) is 0 Å². The average molecular weight is 625 g/mol. The molecule has 10 rings (SSSR count). The van der Waals surface area contributed by atoms with Crippen LogP contribution >= 0.6 is 0 Å². The zero-order chi connectivity index (χ0) is 32.6. The van der Waals surface area contributed by atoms with Crippen LogP contribution in [-0.4, -0.2) is 9.13 Å².